The highest BCUT2D eigenvalue weighted by Gasteiger charge is 2.18. The molecule has 4 heteroatoms. The molecule has 2 unspecified atom stereocenters. The smallest absolute Gasteiger partial charge is 0.0976 e. The molecule has 1 saturated heterocycles. The molecule has 2 rings (SSSR count). The van der Waals surface area contributed by atoms with Crippen LogP contribution in [-0.4, -0.2) is 12.6 Å². The fourth-order valence-electron chi connectivity index (χ4n) is 2.32. The van der Waals surface area contributed by atoms with Gasteiger partial charge in [0.2, 0.25) is 0 Å². The molecule has 1 aromatic rings. The summed E-state index contributed by atoms with van der Waals surface area (Å²) >= 11 is 13.5. The maximum atomic E-state index is 6.11. The number of piperidine rings is 1. The molecule has 1 aliphatic rings. The zero-order valence-corrected chi connectivity index (χ0v) is 11.8. The molecule has 1 N–H and O–H groups in total. The minimum atomic E-state index is 0.651. The van der Waals surface area contributed by atoms with E-state index in [1.54, 1.807) is 0 Å². The van der Waals surface area contributed by atoms with Crippen molar-refractivity contribution in [2.75, 3.05) is 6.54 Å². The molecule has 1 aromatic heterocycles. The van der Waals surface area contributed by atoms with Gasteiger partial charge in [0, 0.05) is 6.04 Å². The van der Waals surface area contributed by atoms with Crippen LogP contribution in [-0.2, 0) is 6.42 Å². The molecule has 0 spiro atoms. The van der Waals surface area contributed by atoms with Gasteiger partial charge in [-0.3, -0.25) is 0 Å². The van der Waals surface area contributed by atoms with E-state index in [9.17, 15) is 0 Å². The number of halogens is 2. The number of aryl methyl sites for hydroxylation is 1. The summed E-state index contributed by atoms with van der Waals surface area (Å²) in [6, 6.07) is 2.65. The van der Waals surface area contributed by atoms with Crippen LogP contribution in [0.25, 0.3) is 0 Å². The van der Waals surface area contributed by atoms with Gasteiger partial charge in [0.1, 0.15) is 0 Å². The topological polar surface area (TPSA) is 12.0 Å². The van der Waals surface area contributed by atoms with E-state index in [1.165, 1.54) is 29.7 Å². The molecule has 0 saturated carbocycles. The van der Waals surface area contributed by atoms with E-state index in [4.69, 9.17) is 23.2 Å². The normalized spacial score (nSPS) is 25.9. The van der Waals surface area contributed by atoms with E-state index in [0.29, 0.717) is 6.04 Å². The second kappa shape index (κ2) is 5.72. The molecule has 1 fully saturated rings. The largest absolute Gasteiger partial charge is 0.314 e. The highest BCUT2D eigenvalue weighted by Crippen LogP contribution is 2.32. The lowest BCUT2D eigenvalue weighted by Crippen LogP contribution is -2.37. The number of nitrogens with one attached hydrogen (secondary N) is 1. The SMILES string of the molecule is CC1CCNC(CCc2cc(Cl)sc2Cl)C1. The number of thiophene rings is 1. The number of hydrogen-bond acceptors (Lipinski definition) is 2. The predicted octanol–water partition coefficient (Wildman–Crippen LogP) is 4.38. The first-order valence-electron chi connectivity index (χ1n) is 5.82. The van der Waals surface area contributed by atoms with Gasteiger partial charge in [-0.05, 0) is 49.8 Å². The molecule has 0 bridgehead atoms. The standard InChI is InChI=1S/C12H17Cl2NS/c1-8-4-5-15-10(6-8)3-2-9-7-11(13)16-12(9)14/h7-8,10,15H,2-6H2,1H3. The van der Waals surface area contributed by atoms with Crippen molar-refractivity contribution in [2.24, 2.45) is 5.92 Å². The molecular weight excluding hydrogens is 261 g/mol. The fourth-order valence-corrected chi connectivity index (χ4v) is 3.86. The summed E-state index contributed by atoms with van der Waals surface area (Å²) < 4.78 is 1.65. The van der Waals surface area contributed by atoms with Crippen molar-refractivity contribution in [3.8, 4) is 0 Å². The van der Waals surface area contributed by atoms with E-state index < -0.39 is 0 Å². The van der Waals surface area contributed by atoms with Crippen LogP contribution in [0.4, 0.5) is 0 Å². The molecule has 2 atom stereocenters. The lowest BCUT2D eigenvalue weighted by Gasteiger charge is -2.28. The Hall–Kier alpha value is 0.240. The Morgan fingerprint density at radius 1 is 1.50 bits per heavy atom. The van der Waals surface area contributed by atoms with Crippen LogP contribution in [0, 0.1) is 5.92 Å². The fraction of sp³-hybridized carbons (Fsp3) is 0.667. The van der Waals surface area contributed by atoms with Crippen molar-refractivity contribution >= 4 is 34.5 Å². The summed E-state index contributed by atoms with van der Waals surface area (Å²) in [6.07, 6.45) is 4.79. The van der Waals surface area contributed by atoms with Gasteiger partial charge < -0.3 is 5.32 Å². The third-order valence-electron chi connectivity index (χ3n) is 3.25. The Morgan fingerprint density at radius 2 is 2.31 bits per heavy atom. The molecule has 16 heavy (non-hydrogen) atoms. The van der Waals surface area contributed by atoms with Gasteiger partial charge in [0.15, 0.2) is 0 Å². The molecule has 0 radical (unpaired) electrons. The summed E-state index contributed by atoms with van der Waals surface area (Å²) in [5, 5.41) is 3.57. The average molecular weight is 278 g/mol. The molecule has 0 aromatic carbocycles. The van der Waals surface area contributed by atoms with Crippen molar-refractivity contribution in [1.82, 2.24) is 5.32 Å². The van der Waals surface area contributed by atoms with Crippen molar-refractivity contribution in [1.29, 1.82) is 0 Å². The van der Waals surface area contributed by atoms with Crippen molar-refractivity contribution in [2.45, 2.75) is 38.6 Å². The van der Waals surface area contributed by atoms with Gasteiger partial charge in [0.25, 0.3) is 0 Å². The van der Waals surface area contributed by atoms with Gasteiger partial charge in [-0.15, -0.1) is 11.3 Å². The highest BCUT2D eigenvalue weighted by molar-refractivity contribution is 7.20. The van der Waals surface area contributed by atoms with Crippen molar-refractivity contribution in [3.63, 3.8) is 0 Å². The summed E-state index contributed by atoms with van der Waals surface area (Å²) in [6.45, 7) is 3.49. The lowest BCUT2D eigenvalue weighted by atomic mass is 9.91. The number of hydrogen-bond donors (Lipinski definition) is 1. The maximum Gasteiger partial charge on any atom is 0.0976 e. The maximum absolute atomic E-state index is 6.11. The van der Waals surface area contributed by atoms with Crippen LogP contribution < -0.4 is 5.32 Å². The molecule has 0 aliphatic carbocycles. The minimum absolute atomic E-state index is 0.651. The van der Waals surface area contributed by atoms with Crippen LogP contribution in [0.2, 0.25) is 8.67 Å². The lowest BCUT2D eigenvalue weighted by molar-refractivity contribution is 0.308. The Labute approximate surface area is 111 Å². The summed E-state index contributed by atoms with van der Waals surface area (Å²) in [5.74, 6) is 0.854. The van der Waals surface area contributed by atoms with Crippen molar-refractivity contribution in [3.05, 3.63) is 20.3 Å². The number of rotatable bonds is 3. The van der Waals surface area contributed by atoms with Crippen LogP contribution >= 0.6 is 34.5 Å². The zero-order valence-electron chi connectivity index (χ0n) is 9.43. The first-order valence-corrected chi connectivity index (χ1v) is 7.39. The Morgan fingerprint density at radius 3 is 2.94 bits per heavy atom. The van der Waals surface area contributed by atoms with Gasteiger partial charge in [-0.2, -0.15) is 0 Å². The van der Waals surface area contributed by atoms with E-state index in [2.05, 4.69) is 12.2 Å². The van der Waals surface area contributed by atoms with E-state index in [-0.39, 0.29) is 0 Å². The monoisotopic (exact) mass is 277 g/mol. The van der Waals surface area contributed by atoms with Crippen LogP contribution in [0.3, 0.4) is 0 Å². The van der Waals surface area contributed by atoms with Gasteiger partial charge in [0.05, 0.1) is 8.67 Å². The molecule has 1 nitrogen and oxygen atoms in total. The van der Waals surface area contributed by atoms with Gasteiger partial charge in [-0.1, -0.05) is 30.1 Å². The molecule has 0 amide bonds. The predicted molar refractivity (Wildman–Crippen MR) is 72.8 cm³/mol. The Bertz CT molecular complexity index is 351. The first kappa shape index (κ1) is 12.7. The molecule has 2 heterocycles. The molecular formula is C12H17Cl2NS. The summed E-state index contributed by atoms with van der Waals surface area (Å²) in [5.41, 5.74) is 1.21. The first-order chi connectivity index (χ1) is 7.65. The van der Waals surface area contributed by atoms with Gasteiger partial charge >= 0.3 is 0 Å². The van der Waals surface area contributed by atoms with E-state index >= 15 is 0 Å². The second-order valence-electron chi connectivity index (χ2n) is 4.67. The average Bonchev–Trinajstić information content (AvgIpc) is 2.54. The zero-order chi connectivity index (χ0) is 11.5. The van der Waals surface area contributed by atoms with Crippen LogP contribution in [0.1, 0.15) is 31.7 Å². The van der Waals surface area contributed by atoms with Gasteiger partial charge in [-0.25, -0.2) is 0 Å². The highest BCUT2D eigenvalue weighted by atomic mass is 35.5. The molecule has 90 valence electrons. The summed E-state index contributed by atoms with van der Waals surface area (Å²) in [7, 11) is 0. The minimum Gasteiger partial charge on any atom is -0.314 e. The Balaban J connectivity index is 1.85. The van der Waals surface area contributed by atoms with E-state index in [0.717, 1.165) is 34.0 Å². The summed E-state index contributed by atoms with van der Waals surface area (Å²) in [4.78, 5) is 0. The Kier molecular flexibility index (Phi) is 4.54. The van der Waals surface area contributed by atoms with Crippen molar-refractivity contribution < 1.29 is 0 Å². The molecule has 1 aliphatic heterocycles. The third-order valence-corrected chi connectivity index (χ3v) is 4.82. The van der Waals surface area contributed by atoms with E-state index in [1.807, 2.05) is 6.07 Å². The van der Waals surface area contributed by atoms with Crippen LogP contribution in [0.5, 0.6) is 0 Å². The third kappa shape index (κ3) is 3.36. The second-order valence-corrected chi connectivity index (χ2v) is 6.95. The van der Waals surface area contributed by atoms with Crippen LogP contribution in [0.15, 0.2) is 6.07 Å². The quantitative estimate of drug-likeness (QED) is 0.865.